The van der Waals surface area contributed by atoms with Gasteiger partial charge in [0, 0.05) is 12.5 Å². The van der Waals surface area contributed by atoms with E-state index in [9.17, 15) is 4.79 Å². The average Bonchev–Trinajstić information content (AvgIpc) is 2.30. The van der Waals surface area contributed by atoms with Gasteiger partial charge in [-0.1, -0.05) is 20.8 Å². The summed E-state index contributed by atoms with van der Waals surface area (Å²) in [4.78, 5) is 16.0. The van der Waals surface area contributed by atoms with Gasteiger partial charge in [0.05, 0.1) is 11.9 Å². The van der Waals surface area contributed by atoms with Crippen LogP contribution in [0.5, 0.6) is 0 Å². The molecule has 0 bridgehead atoms. The third kappa shape index (κ3) is 2.95. The zero-order chi connectivity index (χ0) is 12.2. The van der Waals surface area contributed by atoms with Crippen molar-refractivity contribution in [2.75, 3.05) is 17.7 Å². The van der Waals surface area contributed by atoms with Crippen molar-refractivity contribution >= 4 is 17.4 Å². The van der Waals surface area contributed by atoms with Crippen LogP contribution in [0.3, 0.4) is 0 Å². The molecule has 0 fully saturated rings. The number of hydrogen-bond donors (Lipinski definition) is 2. The third-order valence-electron chi connectivity index (χ3n) is 2.78. The van der Waals surface area contributed by atoms with E-state index in [1.165, 1.54) is 0 Å². The van der Waals surface area contributed by atoms with Crippen LogP contribution in [-0.2, 0) is 4.79 Å². The number of aromatic nitrogens is 1. The number of rotatable bonds is 4. The molecule has 0 spiro atoms. The number of carbonyl (C=O) groups is 1. The highest BCUT2D eigenvalue weighted by Gasteiger charge is 2.25. The Morgan fingerprint density at radius 3 is 2.56 bits per heavy atom. The Kier molecular flexibility index (Phi) is 3.88. The summed E-state index contributed by atoms with van der Waals surface area (Å²) < 4.78 is 0. The third-order valence-corrected chi connectivity index (χ3v) is 2.78. The molecule has 0 aliphatic heterocycles. The van der Waals surface area contributed by atoms with Crippen molar-refractivity contribution in [2.24, 2.45) is 5.41 Å². The predicted octanol–water partition coefficient (Wildman–Crippen LogP) is 2.50. The van der Waals surface area contributed by atoms with Gasteiger partial charge in [0.15, 0.2) is 0 Å². The number of carbonyl (C=O) groups excluding carboxylic acids is 1. The molecule has 0 aliphatic carbocycles. The molecule has 0 radical (unpaired) electrons. The summed E-state index contributed by atoms with van der Waals surface area (Å²) in [6.07, 6.45) is 2.45. The fourth-order valence-electron chi connectivity index (χ4n) is 1.08. The molecule has 0 unspecified atom stereocenters. The zero-order valence-corrected chi connectivity index (χ0v) is 10.3. The molecule has 0 atom stereocenters. The smallest absolute Gasteiger partial charge is 0.230 e. The van der Waals surface area contributed by atoms with Gasteiger partial charge in [0.25, 0.3) is 0 Å². The second-order valence-corrected chi connectivity index (χ2v) is 4.37. The van der Waals surface area contributed by atoms with Gasteiger partial charge in [-0.25, -0.2) is 4.98 Å². The van der Waals surface area contributed by atoms with Gasteiger partial charge in [-0.3, -0.25) is 4.79 Å². The molecule has 1 aromatic heterocycles. The summed E-state index contributed by atoms with van der Waals surface area (Å²) in [6.45, 7) is 5.86. The Labute approximate surface area is 96.5 Å². The fraction of sp³-hybridized carbons (Fsp3) is 0.500. The van der Waals surface area contributed by atoms with Crippen LogP contribution in [0, 0.1) is 5.41 Å². The molecule has 1 heterocycles. The van der Waals surface area contributed by atoms with Crippen molar-refractivity contribution in [1.29, 1.82) is 0 Å². The number of hydrogen-bond acceptors (Lipinski definition) is 3. The van der Waals surface area contributed by atoms with E-state index in [1.807, 2.05) is 32.9 Å². The Bertz CT molecular complexity index is 357. The highest BCUT2D eigenvalue weighted by atomic mass is 16.2. The largest absolute Gasteiger partial charge is 0.373 e. The molecule has 2 N–H and O–H groups in total. The minimum atomic E-state index is -0.346. The lowest BCUT2D eigenvalue weighted by molar-refractivity contribution is -0.124. The van der Waals surface area contributed by atoms with E-state index in [-0.39, 0.29) is 11.3 Å². The molecule has 0 saturated carbocycles. The van der Waals surface area contributed by atoms with Gasteiger partial charge in [-0.05, 0) is 18.6 Å². The summed E-state index contributed by atoms with van der Waals surface area (Å²) in [6, 6.07) is 3.66. The van der Waals surface area contributed by atoms with Crippen molar-refractivity contribution < 1.29 is 4.79 Å². The van der Waals surface area contributed by atoms with Crippen molar-refractivity contribution in [3.63, 3.8) is 0 Å². The lowest BCUT2D eigenvalue weighted by Crippen LogP contribution is -2.30. The fourth-order valence-corrected chi connectivity index (χ4v) is 1.08. The first-order valence-corrected chi connectivity index (χ1v) is 5.45. The van der Waals surface area contributed by atoms with Gasteiger partial charge in [-0.2, -0.15) is 0 Å². The normalized spacial score (nSPS) is 11.0. The van der Waals surface area contributed by atoms with Gasteiger partial charge < -0.3 is 10.6 Å². The molecule has 4 heteroatoms. The highest BCUT2D eigenvalue weighted by Crippen LogP contribution is 2.22. The number of nitrogens with one attached hydrogen (secondary N) is 2. The number of nitrogens with zero attached hydrogens (tertiary/aromatic N) is 1. The van der Waals surface area contributed by atoms with Crippen LogP contribution in [0.4, 0.5) is 11.5 Å². The second-order valence-electron chi connectivity index (χ2n) is 4.37. The molecular formula is C12H19N3O. The molecule has 4 nitrogen and oxygen atoms in total. The molecule has 0 saturated heterocycles. The van der Waals surface area contributed by atoms with Gasteiger partial charge in [0.1, 0.15) is 5.82 Å². The maximum atomic E-state index is 11.9. The Balaban J connectivity index is 2.70. The minimum Gasteiger partial charge on any atom is -0.373 e. The van der Waals surface area contributed by atoms with Gasteiger partial charge in [0.2, 0.25) is 5.91 Å². The van der Waals surface area contributed by atoms with Gasteiger partial charge in [-0.15, -0.1) is 0 Å². The molecule has 0 aliphatic rings. The lowest BCUT2D eigenvalue weighted by Gasteiger charge is -2.21. The summed E-state index contributed by atoms with van der Waals surface area (Å²) in [7, 11) is 1.81. The molecular weight excluding hydrogens is 202 g/mol. The molecule has 1 amide bonds. The lowest BCUT2D eigenvalue weighted by atomic mass is 9.89. The molecule has 1 rings (SSSR count). The Hall–Kier alpha value is -1.58. The first-order valence-electron chi connectivity index (χ1n) is 5.45. The van der Waals surface area contributed by atoms with Gasteiger partial charge >= 0.3 is 0 Å². The van der Waals surface area contributed by atoms with Crippen LogP contribution in [0.1, 0.15) is 27.2 Å². The summed E-state index contributed by atoms with van der Waals surface area (Å²) in [5, 5.41) is 5.78. The van der Waals surface area contributed by atoms with Crippen molar-refractivity contribution in [1.82, 2.24) is 4.98 Å². The van der Waals surface area contributed by atoms with Crippen LogP contribution >= 0.6 is 0 Å². The second kappa shape index (κ2) is 4.96. The highest BCUT2D eigenvalue weighted by molar-refractivity contribution is 5.94. The predicted molar refractivity (Wildman–Crippen MR) is 66.5 cm³/mol. The van der Waals surface area contributed by atoms with E-state index in [1.54, 1.807) is 13.2 Å². The van der Waals surface area contributed by atoms with Crippen LogP contribution in [0.25, 0.3) is 0 Å². The maximum Gasteiger partial charge on any atom is 0.230 e. The number of anilines is 2. The van der Waals surface area contributed by atoms with E-state index in [4.69, 9.17) is 0 Å². The average molecular weight is 221 g/mol. The Morgan fingerprint density at radius 2 is 2.12 bits per heavy atom. The minimum absolute atomic E-state index is 0.0222. The van der Waals surface area contributed by atoms with E-state index in [0.717, 1.165) is 17.9 Å². The maximum absolute atomic E-state index is 11.9. The molecule has 88 valence electrons. The number of amides is 1. The Morgan fingerprint density at radius 1 is 1.44 bits per heavy atom. The molecule has 16 heavy (non-hydrogen) atoms. The summed E-state index contributed by atoms with van der Waals surface area (Å²) in [5.41, 5.74) is 0.382. The first-order chi connectivity index (χ1) is 7.49. The quantitative estimate of drug-likeness (QED) is 0.821. The molecule has 0 aromatic carbocycles. The van der Waals surface area contributed by atoms with Crippen molar-refractivity contribution in [2.45, 2.75) is 27.2 Å². The molecule has 1 aromatic rings. The van der Waals surface area contributed by atoms with Crippen LogP contribution in [0.15, 0.2) is 18.3 Å². The SMILES string of the molecule is CCC(C)(C)C(=O)Nc1ccc(NC)nc1. The van der Waals surface area contributed by atoms with E-state index in [2.05, 4.69) is 15.6 Å². The summed E-state index contributed by atoms with van der Waals surface area (Å²) >= 11 is 0. The van der Waals surface area contributed by atoms with E-state index in [0.29, 0.717) is 0 Å². The summed E-state index contributed by atoms with van der Waals surface area (Å²) in [5.74, 6) is 0.807. The van der Waals surface area contributed by atoms with E-state index >= 15 is 0 Å². The standard InChI is InChI=1S/C12H19N3O/c1-5-12(2,3)11(16)15-9-6-7-10(13-4)14-8-9/h6-8H,5H2,1-4H3,(H,13,14)(H,15,16). The first kappa shape index (κ1) is 12.5. The van der Waals surface area contributed by atoms with Crippen molar-refractivity contribution in [3.8, 4) is 0 Å². The topological polar surface area (TPSA) is 54.0 Å². The van der Waals surface area contributed by atoms with Crippen LogP contribution in [0.2, 0.25) is 0 Å². The monoisotopic (exact) mass is 221 g/mol. The van der Waals surface area contributed by atoms with Crippen LogP contribution in [-0.4, -0.2) is 17.9 Å². The zero-order valence-electron chi connectivity index (χ0n) is 10.3. The van der Waals surface area contributed by atoms with Crippen LogP contribution < -0.4 is 10.6 Å². The number of pyridine rings is 1. The van der Waals surface area contributed by atoms with E-state index < -0.39 is 0 Å². The van der Waals surface area contributed by atoms with Crippen molar-refractivity contribution in [3.05, 3.63) is 18.3 Å².